The molecule has 2 aromatic rings. The van der Waals surface area contributed by atoms with Crippen LogP contribution in [-0.4, -0.2) is 6.54 Å². The summed E-state index contributed by atoms with van der Waals surface area (Å²) in [7, 11) is 0. The van der Waals surface area contributed by atoms with E-state index in [-0.39, 0.29) is 0 Å². The van der Waals surface area contributed by atoms with Crippen molar-refractivity contribution in [3.05, 3.63) is 58.6 Å². The predicted molar refractivity (Wildman–Crippen MR) is 92.1 cm³/mol. The van der Waals surface area contributed by atoms with Gasteiger partial charge in [0.25, 0.3) is 0 Å². The minimum absolute atomic E-state index is 0.526. The Labute approximate surface area is 134 Å². The Hall–Kier alpha value is -0.990. The number of anilines is 2. The van der Waals surface area contributed by atoms with Crippen LogP contribution in [0.1, 0.15) is 25.3 Å². The van der Waals surface area contributed by atoms with Crippen LogP contribution >= 0.6 is 27.5 Å². The molecule has 0 aromatic heterocycles. The molecular formula is C17H19BrClN. The number of alkyl halides is 1. The van der Waals surface area contributed by atoms with Crippen LogP contribution in [-0.2, 0) is 5.88 Å². The van der Waals surface area contributed by atoms with Gasteiger partial charge in [0.1, 0.15) is 0 Å². The van der Waals surface area contributed by atoms with Gasteiger partial charge in [-0.15, -0.1) is 11.6 Å². The molecule has 2 rings (SSSR count). The van der Waals surface area contributed by atoms with Crippen LogP contribution in [0.25, 0.3) is 0 Å². The lowest BCUT2D eigenvalue weighted by atomic mass is 10.1. The minimum Gasteiger partial charge on any atom is -0.341 e. The fourth-order valence-corrected chi connectivity index (χ4v) is 2.79. The van der Waals surface area contributed by atoms with Gasteiger partial charge in [-0.25, -0.2) is 0 Å². The average molecular weight is 353 g/mol. The Morgan fingerprint density at radius 1 is 1.10 bits per heavy atom. The number of hydrogen-bond acceptors (Lipinski definition) is 1. The average Bonchev–Trinajstić information content (AvgIpc) is 2.49. The summed E-state index contributed by atoms with van der Waals surface area (Å²) in [5, 5.41) is 0. The van der Waals surface area contributed by atoms with Crippen LogP contribution in [0.3, 0.4) is 0 Å². The van der Waals surface area contributed by atoms with E-state index in [0.717, 1.165) is 23.0 Å². The van der Waals surface area contributed by atoms with E-state index in [0.29, 0.717) is 5.88 Å². The number of benzene rings is 2. The Morgan fingerprint density at radius 3 is 2.50 bits per heavy atom. The van der Waals surface area contributed by atoms with Gasteiger partial charge < -0.3 is 4.90 Å². The third-order valence-electron chi connectivity index (χ3n) is 3.29. The lowest BCUT2D eigenvalue weighted by Gasteiger charge is -2.27. The fourth-order valence-electron chi connectivity index (χ4n) is 2.21. The highest BCUT2D eigenvalue weighted by molar-refractivity contribution is 9.10. The first kappa shape index (κ1) is 15.4. The molecule has 0 saturated carbocycles. The molecule has 0 bridgehead atoms. The molecule has 1 nitrogen and oxygen atoms in total. The lowest BCUT2D eigenvalue weighted by Crippen LogP contribution is -2.19. The van der Waals surface area contributed by atoms with Crippen LogP contribution in [0.2, 0.25) is 0 Å². The van der Waals surface area contributed by atoms with E-state index in [1.165, 1.54) is 17.8 Å². The second-order valence-electron chi connectivity index (χ2n) is 4.75. The Bertz CT molecular complexity index is 542. The highest BCUT2D eigenvalue weighted by Crippen LogP contribution is 2.32. The summed E-state index contributed by atoms with van der Waals surface area (Å²) in [5.41, 5.74) is 3.56. The Kier molecular flexibility index (Phi) is 5.93. The van der Waals surface area contributed by atoms with Gasteiger partial charge >= 0.3 is 0 Å². The molecule has 0 radical (unpaired) electrons. The second-order valence-corrected chi connectivity index (χ2v) is 5.93. The molecule has 3 heteroatoms. The Balaban J connectivity index is 2.43. The van der Waals surface area contributed by atoms with Crippen molar-refractivity contribution in [3.63, 3.8) is 0 Å². The first-order valence-corrected chi connectivity index (χ1v) is 8.26. The highest BCUT2D eigenvalue weighted by atomic mass is 79.9. The third-order valence-corrected chi connectivity index (χ3v) is 4.07. The number of rotatable bonds is 6. The predicted octanol–water partition coefficient (Wildman–Crippen LogP) is 6.13. The number of unbranched alkanes of at least 4 members (excludes halogenated alkanes) is 1. The zero-order chi connectivity index (χ0) is 14.4. The lowest BCUT2D eigenvalue weighted by molar-refractivity contribution is 0.784. The molecule has 2 aromatic carbocycles. The van der Waals surface area contributed by atoms with Crippen LogP contribution in [0.4, 0.5) is 11.4 Å². The molecule has 0 unspecified atom stereocenters. The Morgan fingerprint density at radius 2 is 1.85 bits per heavy atom. The van der Waals surface area contributed by atoms with Crippen LogP contribution in [0.15, 0.2) is 53.0 Å². The first-order valence-electron chi connectivity index (χ1n) is 6.93. The standard InChI is InChI=1S/C17H19BrClN/c1-2-3-11-20(16-7-5-4-6-8-16)17-12-15(18)10-9-14(17)13-19/h4-10,12H,2-3,11,13H2,1H3. The number of nitrogens with zero attached hydrogens (tertiary/aromatic N) is 1. The van der Waals surface area contributed by atoms with Gasteiger partial charge in [0, 0.05) is 28.3 Å². The molecule has 0 N–H and O–H groups in total. The monoisotopic (exact) mass is 351 g/mol. The van der Waals surface area contributed by atoms with Gasteiger partial charge in [-0.1, -0.05) is 53.5 Å². The summed E-state index contributed by atoms with van der Waals surface area (Å²) in [4.78, 5) is 2.35. The van der Waals surface area contributed by atoms with Crippen LogP contribution in [0, 0.1) is 0 Å². The smallest absolute Gasteiger partial charge is 0.0494 e. The van der Waals surface area contributed by atoms with Gasteiger partial charge in [0.05, 0.1) is 0 Å². The van der Waals surface area contributed by atoms with Gasteiger partial charge in [0.15, 0.2) is 0 Å². The summed E-state index contributed by atoms with van der Waals surface area (Å²) in [6.45, 7) is 3.22. The SMILES string of the molecule is CCCCN(c1ccccc1)c1cc(Br)ccc1CCl. The largest absolute Gasteiger partial charge is 0.341 e. The normalized spacial score (nSPS) is 10.6. The summed E-state index contributed by atoms with van der Waals surface area (Å²) in [6.07, 6.45) is 2.33. The van der Waals surface area contributed by atoms with Gasteiger partial charge in [-0.2, -0.15) is 0 Å². The molecule has 20 heavy (non-hydrogen) atoms. The topological polar surface area (TPSA) is 3.24 Å². The number of hydrogen-bond donors (Lipinski definition) is 0. The van der Waals surface area contributed by atoms with E-state index in [1.807, 2.05) is 12.1 Å². The van der Waals surface area contributed by atoms with Crippen molar-refractivity contribution in [3.8, 4) is 0 Å². The molecule has 0 amide bonds. The van der Waals surface area contributed by atoms with Crippen molar-refractivity contribution in [2.24, 2.45) is 0 Å². The van der Waals surface area contributed by atoms with Gasteiger partial charge in [0.2, 0.25) is 0 Å². The minimum atomic E-state index is 0.526. The van der Waals surface area contributed by atoms with E-state index in [2.05, 4.69) is 64.2 Å². The zero-order valence-corrected chi connectivity index (χ0v) is 14.0. The summed E-state index contributed by atoms with van der Waals surface area (Å²) < 4.78 is 1.08. The summed E-state index contributed by atoms with van der Waals surface area (Å²) >= 11 is 9.67. The quantitative estimate of drug-likeness (QED) is 0.565. The maximum Gasteiger partial charge on any atom is 0.0494 e. The molecule has 0 spiro atoms. The van der Waals surface area contributed by atoms with Gasteiger partial charge in [-0.3, -0.25) is 0 Å². The van der Waals surface area contributed by atoms with E-state index < -0.39 is 0 Å². The van der Waals surface area contributed by atoms with E-state index in [1.54, 1.807) is 0 Å². The molecule has 0 fully saturated rings. The van der Waals surface area contributed by atoms with Crippen molar-refractivity contribution in [1.29, 1.82) is 0 Å². The molecule has 0 heterocycles. The highest BCUT2D eigenvalue weighted by Gasteiger charge is 2.13. The molecule has 0 saturated heterocycles. The first-order chi connectivity index (χ1) is 9.76. The van der Waals surface area contributed by atoms with E-state index >= 15 is 0 Å². The number of halogens is 2. The maximum absolute atomic E-state index is 6.11. The van der Waals surface area contributed by atoms with Crippen molar-refractivity contribution >= 4 is 38.9 Å². The van der Waals surface area contributed by atoms with E-state index in [4.69, 9.17) is 11.6 Å². The summed E-state index contributed by atoms with van der Waals surface area (Å²) in [6, 6.07) is 16.8. The van der Waals surface area contributed by atoms with Crippen molar-refractivity contribution in [2.45, 2.75) is 25.6 Å². The van der Waals surface area contributed by atoms with Gasteiger partial charge in [-0.05, 0) is 36.2 Å². The fraction of sp³-hybridized carbons (Fsp3) is 0.294. The molecule has 0 aliphatic carbocycles. The third kappa shape index (κ3) is 3.77. The van der Waals surface area contributed by atoms with Crippen LogP contribution < -0.4 is 4.90 Å². The molecule has 106 valence electrons. The van der Waals surface area contributed by atoms with Crippen molar-refractivity contribution in [2.75, 3.05) is 11.4 Å². The van der Waals surface area contributed by atoms with E-state index in [9.17, 15) is 0 Å². The number of para-hydroxylation sites is 1. The van der Waals surface area contributed by atoms with Crippen LogP contribution in [0.5, 0.6) is 0 Å². The molecule has 0 aliphatic rings. The zero-order valence-electron chi connectivity index (χ0n) is 11.7. The molecule has 0 atom stereocenters. The molecule has 0 aliphatic heterocycles. The van der Waals surface area contributed by atoms with Crippen molar-refractivity contribution < 1.29 is 0 Å². The van der Waals surface area contributed by atoms with Crippen molar-refractivity contribution in [1.82, 2.24) is 0 Å². The summed E-state index contributed by atoms with van der Waals surface area (Å²) in [5.74, 6) is 0.526. The molecular weight excluding hydrogens is 334 g/mol. The second kappa shape index (κ2) is 7.70. The maximum atomic E-state index is 6.11.